The number of ether oxygens (including phenoxy) is 2. The number of aldehydes is 1. The molecule has 0 saturated heterocycles. The minimum Gasteiger partial charge on any atom is -0.480 e. The first-order valence-corrected chi connectivity index (χ1v) is 6.41. The van der Waals surface area contributed by atoms with Gasteiger partial charge in [-0.15, -0.1) is 0 Å². The van der Waals surface area contributed by atoms with Crippen molar-refractivity contribution < 1.29 is 23.5 Å². The van der Waals surface area contributed by atoms with Crippen LogP contribution in [0.25, 0.3) is 10.8 Å². The predicted molar refractivity (Wildman–Crippen MR) is 74.2 cm³/mol. The lowest BCUT2D eigenvalue weighted by molar-refractivity contribution is 0.0497. The molecule has 0 N–H and O–H groups in total. The molecule has 0 spiro atoms. The fraction of sp³-hybridized carbons (Fsp3) is 0.267. The number of rotatable bonds is 5. The molecule has 2 aromatic rings. The molecular weight excluding hydrogens is 277 g/mol. The summed E-state index contributed by atoms with van der Waals surface area (Å²) in [5.74, 6) is -1.27. The Labute approximate surface area is 120 Å². The molecule has 0 unspecified atom stereocenters. The standard InChI is InChI=1S/C15H14FNO4/c1-3-4-21-15(19)12-7-10-5-9(8-18)6-11(16)13(10)14(17-12)20-2/h5-8H,3-4H2,1-2H3. The van der Waals surface area contributed by atoms with E-state index in [2.05, 4.69) is 4.98 Å². The summed E-state index contributed by atoms with van der Waals surface area (Å²) in [6.07, 6.45) is 1.21. The minimum absolute atomic E-state index is 0.00949. The van der Waals surface area contributed by atoms with Crippen LogP contribution in [0.4, 0.5) is 4.39 Å². The highest BCUT2D eigenvalue weighted by atomic mass is 19.1. The van der Waals surface area contributed by atoms with E-state index >= 15 is 0 Å². The average molecular weight is 291 g/mol. The Bertz CT molecular complexity index is 700. The zero-order chi connectivity index (χ0) is 15.4. The summed E-state index contributed by atoms with van der Waals surface area (Å²) < 4.78 is 24.0. The van der Waals surface area contributed by atoms with Gasteiger partial charge in [0.15, 0.2) is 5.69 Å². The van der Waals surface area contributed by atoms with Gasteiger partial charge in [-0.25, -0.2) is 14.2 Å². The van der Waals surface area contributed by atoms with Crippen molar-refractivity contribution in [2.75, 3.05) is 13.7 Å². The van der Waals surface area contributed by atoms with E-state index in [1.54, 1.807) is 0 Å². The fourth-order valence-corrected chi connectivity index (χ4v) is 1.92. The van der Waals surface area contributed by atoms with E-state index in [9.17, 15) is 14.0 Å². The van der Waals surface area contributed by atoms with E-state index in [-0.39, 0.29) is 29.1 Å². The smallest absolute Gasteiger partial charge is 0.357 e. The summed E-state index contributed by atoms with van der Waals surface area (Å²) in [5.41, 5.74) is 0.177. The van der Waals surface area contributed by atoms with Crippen LogP contribution in [0.5, 0.6) is 5.88 Å². The Kier molecular flexibility index (Phi) is 4.47. The molecule has 0 atom stereocenters. The van der Waals surface area contributed by atoms with Crippen molar-refractivity contribution in [3.8, 4) is 5.88 Å². The highest BCUT2D eigenvalue weighted by Gasteiger charge is 2.17. The van der Waals surface area contributed by atoms with Gasteiger partial charge in [0.2, 0.25) is 5.88 Å². The second-order valence-corrected chi connectivity index (χ2v) is 4.37. The molecule has 1 aromatic carbocycles. The van der Waals surface area contributed by atoms with Crippen molar-refractivity contribution in [3.63, 3.8) is 0 Å². The number of hydrogen-bond donors (Lipinski definition) is 0. The second kappa shape index (κ2) is 6.30. The van der Waals surface area contributed by atoms with E-state index in [4.69, 9.17) is 9.47 Å². The minimum atomic E-state index is -0.632. The third-order valence-corrected chi connectivity index (χ3v) is 2.85. The molecule has 5 nitrogen and oxygen atoms in total. The lowest BCUT2D eigenvalue weighted by Gasteiger charge is -2.09. The summed E-state index contributed by atoms with van der Waals surface area (Å²) >= 11 is 0. The first-order chi connectivity index (χ1) is 10.1. The molecule has 0 fully saturated rings. The number of pyridine rings is 1. The zero-order valence-electron chi connectivity index (χ0n) is 11.7. The van der Waals surface area contributed by atoms with Gasteiger partial charge in [-0.1, -0.05) is 6.92 Å². The summed E-state index contributed by atoms with van der Waals surface area (Å²) in [7, 11) is 1.33. The maximum absolute atomic E-state index is 14.0. The number of methoxy groups -OCH3 is 1. The topological polar surface area (TPSA) is 65.5 Å². The number of hydrogen-bond acceptors (Lipinski definition) is 5. The molecule has 0 amide bonds. The van der Waals surface area contributed by atoms with E-state index in [0.29, 0.717) is 18.1 Å². The van der Waals surface area contributed by atoms with Crippen molar-refractivity contribution in [1.82, 2.24) is 4.98 Å². The third kappa shape index (κ3) is 2.99. The van der Waals surface area contributed by atoms with Crippen LogP contribution >= 0.6 is 0 Å². The Morgan fingerprint density at radius 1 is 1.38 bits per heavy atom. The number of carbonyl (C=O) groups excluding carboxylic acids is 2. The van der Waals surface area contributed by atoms with Gasteiger partial charge in [-0.05, 0) is 30.0 Å². The largest absolute Gasteiger partial charge is 0.480 e. The number of halogens is 1. The molecule has 2 rings (SSSR count). The molecular formula is C15H14FNO4. The average Bonchev–Trinajstić information content (AvgIpc) is 2.50. The van der Waals surface area contributed by atoms with Crippen molar-refractivity contribution in [3.05, 3.63) is 35.3 Å². The third-order valence-electron chi connectivity index (χ3n) is 2.85. The van der Waals surface area contributed by atoms with Crippen molar-refractivity contribution >= 4 is 23.0 Å². The quantitative estimate of drug-likeness (QED) is 0.626. The molecule has 6 heteroatoms. The van der Waals surface area contributed by atoms with Gasteiger partial charge in [0.05, 0.1) is 19.1 Å². The predicted octanol–water partition coefficient (Wildman–Crippen LogP) is 2.76. The van der Waals surface area contributed by atoms with Gasteiger partial charge < -0.3 is 9.47 Å². The van der Waals surface area contributed by atoms with Crippen LogP contribution in [-0.4, -0.2) is 31.0 Å². The highest BCUT2D eigenvalue weighted by Crippen LogP contribution is 2.28. The molecule has 0 aliphatic rings. The van der Waals surface area contributed by atoms with Crippen molar-refractivity contribution in [2.24, 2.45) is 0 Å². The van der Waals surface area contributed by atoms with Gasteiger partial charge in [0.1, 0.15) is 12.1 Å². The number of nitrogens with zero attached hydrogens (tertiary/aromatic N) is 1. The SMILES string of the molecule is CCCOC(=O)c1cc2cc(C=O)cc(F)c2c(OC)n1. The number of aromatic nitrogens is 1. The highest BCUT2D eigenvalue weighted by molar-refractivity contribution is 5.97. The van der Waals surface area contributed by atoms with Crippen LogP contribution in [0, 0.1) is 5.82 Å². The number of esters is 1. The Balaban J connectivity index is 2.60. The van der Waals surface area contributed by atoms with Crippen molar-refractivity contribution in [1.29, 1.82) is 0 Å². The number of fused-ring (bicyclic) bond motifs is 1. The lowest BCUT2D eigenvalue weighted by Crippen LogP contribution is -2.09. The first kappa shape index (κ1) is 14.9. The lowest BCUT2D eigenvalue weighted by atomic mass is 10.1. The second-order valence-electron chi connectivity index (χ2n) is 4.37. The van der Waals surface area contributed by atoms with Crippen LogP contribution in [0.2, 0.25) is 0 Å². The maximum Gasteiger partial charge on any atom is 0.357 e. The molecule has 0 radical (unpaired) electrons. The van der Waals surface area contributed by atoms with E-state index in [1.807, 2.05) is 6.92 Å². The van der Waals surface area contributed by atoms with E-state index in [0.717, 1.165) is 6.07 Å². The van der Waals surface area contributed by atoms with Crippen LogP contribution in [0.15, 0.2) is 18.2 Å². The van der Waals surface area contributed by atoms with Gasteiger partial charge >= 0.3 is 5.97 Å². The monoisotopic (exact) mass is 291 g/mol. The molecule has 0 bridgehead atoms. The first-order valence-electron chi connectivity index (χ1n) is 6.41. The van der Waals surface area contributed by atoms with Crippen LogP contribution in [0.1, 0.15) is 34.2 Å². The summed E-state index contributed by atoms with van der Waals surface area (Å²) in [4.78, 5) is 26.6. The zero-order valence-corrected chi connectivity index (χ0v) is 11.7. The molecule has 110 valence electrons. The summed E-state index contributed by atoms with van der Waals surface area (Å²) in [5, 5.41) is 0.475. The Hall–Kier alpha value is -2.50. The summed E-state index contributed by atoms with van der Waals surface area (Å²) in [6, 6.07) is 3.94. The van der Waals surface area contributed by atoms with Crippen LogP contribution in [-0.2, 0) is 4.74 Å². The molecule has 1 heterocycles. The normalized spacial score (nSPS) is 10.4. The molecule has 0 aliphatic heterocycles. The Morgan fingerprint density at radius 3 is 2.76 bits per heavy atom. The Morgan fingerprint density at radius 2 is 2.14 bits per heavy atom. The number of carbonyl (C=O) groups is 2. The van der Waals surface area contributed by atoms with Crippen LogP contribution in [0.3, 0.4) is 0 Å². The summed E-state index contributed by atoms with van der Waals surface area (Å²) in [6.45, 7) is 2.14. The van der Waals surface area contributed by atoms with Gasteiger partial charge in [-0.2, -0.15) is 0 Å². The van der Waals surface area contributed by atoms with Gasteiger partial charge in [0.25, 0.3) is 0 Å². The fourth-order valence-electron chi connectivity index (χ4n) is 1.92. The van der Waals surface area contributed by atoms with Crippen LogP contribution < -0.4 is 4.74 Å². The van der Waals surface area contributed by atoms with E-state index in [1.165, 1.54) is 19.2 Å². The number of benzene rings is 1. The van der Waals surface area contributed by atoms with E-state index < -0.39 is 11.8 Å². The molecule has 0 saturated carbocycles. The van der Waals surface area contributed by atoms with Crippen molar-refractivity contribution in [2.45, 2.75) is 13.3 Å². The van der Waals surface area contributed by atoms with Gasteiger partial charge in [0, 0.05) is 5.56 Å². The molecule has 1 aromatic heterocycles. The maximum atomic E-state index is 14.0. The molecule has 0 aliphatic carbocycles. The molecule has 21 heavy (non-hydrogen) atoms. The van der Waals surface area contributed by atoms with Gasteiger partial charge in [-0.3, -0.25) is 4.79 Å².